The summed E-state index contributed by atoms with van der Waals surface area (Å²) in [6.07, 6.45) is 0.390. The standard InChI is InChI=1S/C19H24N2O3/c1-21(14-18(23-2)24-3)19(22)20-17-11-7-10-16(13-17)12-15-8-5-4-6-9-15/h4-11,13,18H,12,14H2,1-3H3,(H,20,22). The number of carbonyl (C=O) groups is 1. The Hall–Kier alpha value is -2.37. The molecule has 0 unspecified atom stereocenters. The van der Waals surface area contributed by atoms with E-state index in [0.717, 1.165) is 17.7 Å². The number of nitrogens with zero attached hydrogens (tertiary/aromatic N) is 1. The highest BCUT2D eigenvalue weighted by Gasteiger charge is 2.14. The van der Waals surface area contributed by atoms with Crippen LogP contribution in [0.2, 0.25) is 0 Å². The van der Waals surface area contributed by atoms with Crippen LogP contribution in [0.3, 0.4) is 0 Å². The summed E-state index contributed by atoms with van der Waals surface area (Å²) in [6.45, 7) is 0.350. The highest BCUT2D eigenvalue weighted by molar-refractivity contribution is 5.89. The first-order chi connectivity index (χ1) is 11.6. The predicted molar refractivity (Wildman–Crippen MR) is 95.1 cm³/mol. The number of methoxy groups -OCH3 is 2. The van der Waals surface area contributed by atoms with Crippen molar-refractivity contribution in [1.29, 1.82) is 0 Å². The molecule has 0 aromatic heterocycles. The molecule has 1 N–H and O–H groups in total. The van der Waals surface area contributed by atoms with Crippen molar-refractivity contribution >= 4 is 11.7 Å². The van der Waals surface area contributed by atoms with Crippen LogP contribution in [-0.2, 0) is 15.9 Å². The number of urea groups is 1. The maximum Gasteiger partial charge on any atom is 0.321 e. The summed E-state index contributed by atoms with van der Waals surface area (Å²) >= 11 is 0. The molecule has 0 spiro atoms. The first kappa shape index (κ1) is 18.0. The lowest BCUT2D eigenvalue weighted by molar-refractivity contribution is -0.108. The zero-order chi connectivity index (χ0) is 17.4. The van der Waals surface area contributed by atoms with E-state index in [1.165, 1.54) is 10.5 Å². The molecule has 5 heteroatoms. The Kier molecular flexibility index (Phi) is 6.78. The summed E-state index contributed by atoms with van der Waals surface area (Å²) in [7, 11) is 4.80. The Labute approximate surface area is 143 Å². The maximum absolute atomic E-state index is 12.3. The molecule has 0 aliphatic heterocycles. The van der Waals surface area contributed by atoms with E-state index in [1.807, 2.05) is 36.4 Å². The van der Waals surface area contributed by atoms with Crippen molar-refractivity contribution in [2.75, 3.05) is 33.1 Å². The SMILES string of the molecule is COC(CN(C)C(=O)Nc1cccc(Cc2ccccc2)c1)OC. The van der Waals surface area contributed by atoms with E-state index >= 15 is 0 Å². The average Bonchev–Trinajstić information content (AvgIpc) is 2.60. The third-order valence-corrected chi connectivity index (χ3v) is 3.72. The molecule has 0 saturated carbocycles. The number of hydrogen-bond donors (Lipinski definition) is 1. The second-order valence-corrected chi connectivity index (χ2v) is 5.57. The van der Waals surface area contributed by atoms with Crippen molar-refractivity contribution in [3.63, 3.8) is 0 Å². The zero-order valence-electron chi connectivity index (χ0n) is 14.4. The van der Waals surface area contributed by atoms with Gasteiger partial charge in [0.05, 0.1) is 6.54 Å². The molecule has 5 nitrogen and oxygen atoms in total. The van der Waals surface area contributed by atoms with E-state index < -0.39 is 6.29 Å². The van der Waals surface area contributed by atoms with Gasteiger partial charge >= 0.3 is 6.03 Å². The lowest BCUT2D eigenvalue weighted by Crippen LogP contribution is -2.38. The van der Waals surface area contributed by atoms with Crippen molar-refractivity contribution in [1.82, 2.24) is 4.90 Å². The third-order valence-electron chi connectivity index (χ3n) is 3.72. The van der Waals surface area contributed by atoms with Gasteiger partial charge in [-0.2, -0.15) is 0 Å². The third kappa shape index (κ3) is 5.37. The Morgan fingerprint density at radius 2 is 1.71 bits per heavy atom. The minimum Gasteiger partial charge on any atom is -0.354 e. The van der Waals surface area contributed by atoms with E-state index in [-0.39, 0.29) is 6.03 Å². The van der Waals surface area contributed by atoms with E-state index in [9.17, 15) is 4.79 Å². The van der Waals surface area contributed by atoms with Gasteiger partial charge in [-0.05, 0) is 29.7 Å². The average molecular weight is 328 g/mol. The Morgan fingerprint density at radius 1 is 1.04 bits per heavy atom. The molecule has 128 valence electrons. The Balaban J connectivity index is 1.97. The highest BCUT2D eigenvalue weighted by atomic mass is 16.7. The normalized spacial score (nSPS) is 10.7. The molecule has 0 aliphatic carbocycles. The number of rotatable bonds is 7. The quantitative estimate of drug-likeness (QED) is 0.793. The molecule has 2 amide bonds. The van der Waals surface area contributed by atoms with Crippen LogP contribution in [0.25, 0.3) is 0 Å². The second kappa shape index (κ2) is 9.05. The summed E-state index contributed by atoms with van der Waals surface area (Å²) < 4.78 is 10.2. The first-order valence-corrected chi connectivity index (χ1v) is 7.83. The zero-order valence-corrected chi connectivity index (χ0v) is 14.4. The predicted octanol–water partition coefficient (Wildman–Crippen LogP) is 3.36. The molecule has 2 rings (SSSR count). The number of amides is 2. The van der Waals surface area contributed by atoms with Crippen LogP contribution in [0.1, 0.15) is 11.1 Å². The summed E-state index contributed by atoms with van der Waals surface area (Å²) in [5.41, 5.74) is 3.15. The van der Waals surface area contributed by atoms with Gasteiger partial charge in [0.25, 0.3) is 0 Å². The number of hydrogen-bond acceptors (Lipinski definition) is 3. The van der Waals surface area contributed by atoms with Gasteiger partial charge in [0.15, 0.2) is 6.29 Å². The van der Waals surface area contributed by atoms with Gasteiger partial charge in [-0.3, -0.25) is 0 Å². The Bertz CT molecular complexity index is 642. The number of nitrogens with one attached hydrogen (secondary N) is 1. The fraction of sp³-hybridized carbons (Fsp3) is 0.316. The molecule has 2 aromatic rings. The summed E-state index contributed by atoms with van der Waals surface area (Å²) in [5, 5.41) is 2.90. The molecule has 0 atom stereocenters. The van der Waals surface area contributed by atoms with Crippen LogP contribution in [0, 0.1) is 0 Å². The van der Waals surface area contributed by atoms with Crippen LogP contribution in [0.4, 0.5) is 10.5 Å². The summed E-state index contributed by atoms with van der Waals surface area (Å²) in [5.74, 6) is 0. The number of carbonyl (C=O) groups excluding carboxylic acids is 1. The molecule has 0 fully saturated rings. The van der Waals surface area contributed by atoms with Crippen molar-refractivity contribution in [3.05, 3.63) is 65.7 Å². The molecule has 0 radical (unpaired) electrons. The van der Waals surface area contributed by atoms with Gasteiger partial charge in [0.1, 0.15) is 0 Å². The van der Waals surface area contributed by atoms with Crippen LogP contribution < -0.4 is 5.32 Å². The van der Waals surface area contributed by atoms with Crippen molar-refractivity contribution in [2.24, 2.45) is 0 Å². The molecule has 24 heavy (non-hydrogen) atoms. The van der Waals surface area contributed by atoms with Gasteiger partial charge in [-0.25, -0.2) is 4.79 Å². The van der Waals surface area contributed by atoms with Gasteiger partial charge in [0, 0.05) is 27.0 Å². The van der Waals surface area contributed by atoms with Crippen LogP contribution in [-0.4, -0.2) is 45.0 Å². The topological polar surface area (TPSA) is 50.8 Å². The number of benzene rings is 2. The molecular formula is C19H24N2O3. The molecule has 0 saturated heterocycles. The van der Waals surface area contributed by atoms with Crippen molar-refractivity contribution < 1.29 is 14.3 Å². The highest BCUT2D eigenvalue weighted by Crippen LogP contribution is 2.15. The first-order valence-electron chi connectivity index (χ1n) is 7.83. The van der Waals surface area contributed by atoms with Gasteiger partial charge in [-0.1, -0.05) is 42.5 Å². The smallest absolute Gasteiger partial charge is 0.321 e. The molecule has 0 aliphatic rings. The van der Waals surface area contributed by atoms with E-state index in [2.05, 4.69) is 23.5 Å². The van der Waals surface area contributed by atoms with E-state index in [1.54, 1.807) is 21.3 Å². The second-order valence-electron chi connectivity index (χ2n) is 5.57. The van der Waals surface area contributed by atoms with Crippen molar-refractivity contribution in [2.45, 2.75) is 12.7 Å². The molecule has 0 bridgehead atoms. The monoisotopic (exact) mass is 328 g/mol. The molecule has 0 heterocycles. The lowest BCUT2D eigenvalue weighted by atomic mass is 10.0. The van der Waals surface area contributed by atoms with E-state index in [0.29, 0.717) is 6.54 Å². The fourth-order valence-electron chi connectivity index (χ4n) is 2.36. The van der Waals surface area contributed by atoms with Crippen molar-refractivity contribution in [3.8, 4) is 0 Å². The summed E-state index contributed by atoms with van der Waals surface area (Å²) in [4.78, 5) is 13.8. The van der Waals surface area contributed by atoms with Crippen LogP contribution in [0.5, 0.6) is 0 Å². The number of likely N-dealkylation sites (N-methyl/N-ethyl adjacent to an activating group) is 1. The van der Waals surface area contributed by atoms with Crippen LogP contribution in [0.15, 0.2) is 54.6 Å². The minimum atomic E-state index is -0.440. The van der Waals surface area contributed by atoms with Gasteiger partial charge in [0.2, 0.25) is 0 Å². The largest absolute Gasteiger partial charge is 0.354 e. The van der Waals surface area contributed by atoms with E-state index in [4.69, 9.17) is 9.47 Å². The minimum absolute atomic E-state index is 0.203. The number of anilines is 1. The van der Waals surface area contributed by atoms with Gasteiger partial charge < -0.3 is 19.7 Å². The molecular weight excluding hydrogens is 304 g/mol. The number of ether oxygens (including phenoxy) is 2. The van der Waals surface area contributed by atoms with Crippen LogP contribution >= 0.6 is 0 Å². The summed E-state index contributed by atoms with van der Waals surface area (Å²) in [6, 6.07) is 17.9. The lowest BCUT2D eigenvalue weighted by Gasteiger charge is -2.22. The fourth-order valence-corrected chi connectivity index (χ4v) is 2.36. The molecule has 2 aromatic carbocycles. The maximum atomic E-state index is 12.3. The Morgan fingerprint density at radius 3 is 2.38 bits per heavy atom. The van der Waals surface area contributed by atoms with Gasteiger partial charge in [-0.15, -0.1) is 0 Å².